The lowest BCUT2D eigenvalue weighted by molar-refractivity contribution is 0.111. The summed E-state index contributed by atoms with van der Waals surface area (Å²) in [7, 11) is 0. The molecule has 1 N–H and O–H groups in total. The van der Waals surface area contributed by atoms with Gasteiger partial charge in [0.2, 0.25) is 0 Å². The van der Waals surface area contributed by atoms with E-state index in [9.17, 15) is 0 Å². The van der Waals surface area contributed by atoms with Crippen LogP contribution in [-0.2, 0) is 4.74 Å². The minimum absolute atomic E-state index is 0.606. The number of hydrogen-bond acceptors (Lipinski definition) is 2. The average Bonchev–Trinajstić information content (AvgIpc) is 2.27. The molecular formula is C10H21NO. The van der Waals surface area contributed by atoms with Gasteiger partial charge in [0.25, 0.3) is 0 Å². The summed E-state index contributed by atoms with van der Waals surface area (Å²) in [5.74, 6) is 0.677. The maximum Gasteiger partial charge on any atom is 0.0619 e. The summed E-state index contributed by atoms with van der Waals surface area (Å²) in [6.45, 7) is 7.42. The largest absolute Gasteiger partial charge is 0.380 e. The number of rotatable bonds is 3. The molecule has 0 aromatic rings. The minimum Gasteiger partial charge on any atom is -0.380 e. The molecule has 12 heavy (non-hydrogen) atoms. The van der Waals surface area contributed by atoms with Gasteiger partial charge in [0, 0.05) is 12.6 Å². The summed E-state index contributed by atoms with van der Waals surface area (Å²) < 4.78 is 5.55. The van der Waals surface area contributed by atoms with Crippen LogP contribution in [0.1, 0.15) is 33.1 Å². The molecule has 0 saturated carbocycles. The predicted octanol–water partition coefficient (Wildman–Crippen LogP) is 1.80. The third kappa shape index (κ3) is 3.55. The van der Waals surface area contributed by atoms with E-state index in [0.717, 1.165) is 19.8 Å². The molecule has 72 valence electrons. The molecule has 0 spiro atoms. The second-order valence-electron chi connectivity index (χ2n) is 3.89. The van der Waals surface area contributed by atoms with Crippen molar-refractivity contribution < 1.29 is 4.74 Å². The van der Waals surface area contributed by atoms with Crippen LogP contribution in [0.2, 0.25) is 0 Å². The number of ether oxygens (including phenoxy) is 1. The molecule has 2 nitrogen and oxygen atoms in total. The Kier molecular flexibility index (Phi) is 4.62. The predicted molar refractivity (Wildman–Crippen MR) is 51.3 cm³/mol. The van der Waals surface area contributed by atoms with E-state index in [1.165, 1.54) is 19.3 Å². The molecule has 0 aliphatic carbocycles. The zero-order chi connectivity index (χ0) is 8.81. The molecule has 2 heteroatoms. The van der Waals surface area contributed by atoms with Crippen LogP contribution in [0.4, 0.5) is 0 Å². The maximum atomic E-state index is 5.55. The van der Waals surface area contributed by atoms with Gasteiger partial charge in [0.05, 0.1) is 13.2 Å². The fourth-order valence-corrected chi connectivity index (χ4v) is 1.53. The lowest BCUT2D eigenvalue weighted by atomic mass is 10.1. The Bertz CT molecular complexity index is 114. The summed E-state index contributed by atoms with van der Waals surface area (Å²) >= 11 is 0. The van der Waals surface area contributed by atoms with Gasteiger partial charge >= 0.3 is 0 Å². The van der Waals surface area contributed by atoms with Crippen molar-refractivity contribution in [2.75, 3.05) is 19.8 Å². The molecule has 1 heterocycles. The van der Waals surface area contributed by atoms with Crippen molar-refractivity contribution in [1.82, 2.24) is 5.32 Å². The van der Waals surface area contributed by atoms with E-state index in [1.54, 1.807) is 0 Å². The van der Waals surface area contributed by atoms with Crippen molar-refractivity contribution in [2.45, 2.75) is 39.2 Å². The molecule has 1 aliphatic rings. The van der Waals surface area contributed by atoms with Crippen LogP contribution >= 0.6 is 0 Å². The number of unbranched alkanes of at least 4 members (excludes halogenated alkanes) is 1. The lowest BCUT2D eigenvalue weighted by Crippen LogP contribution is -2.32. The fourth-order valence-electron chi connectivity index (χ4n) is 1.53. The van der Waals surface area contributed by atoms with Crippen LogP contribution in [0.5, 0.6) is 0 Å². The first-order valence-electron chi connectivity index (χ1n) is 5.14. The Morgan fingerprint density at radius 2 is 2.25 bits per heavy atom. The van der Waals surface area contributed by atoms with Crippen LogP contribution in [-0.4, -0.2) is 25.8 Å². The van der Waals surface area contributed by atoms with Gasteiger partial charge in [0.15, 0.2) is 0 Å². The molecule has 0 aromatic carbocycles. The highest BCUT2D eigenvalue weighted by Gasteiger charge is 2.14. The van der Waals surface area contributed by atoms with E-state index in [0.29, 0.717) is 12.0 Å². The molecule has 2 atom stereocenters. The summed E-state index contributed by atoms with van der Waals surface area (Å²) in [6, 6.07) is 0.606. The normalized spacial score (nSPS) is 31.5. The molecule has 2 unspecified atom stereocenters. The number of hydrogen-bond donors (Lipinski definition) is 1. The highest BCUT2D eigenvalue weighted by molar-refractivity contribution is 4.71. The van der Waals surface area contributed by atoms with E-state index in [2.05, 4.69) is 19.2 Å². The van der Waals surface area contributed by atoms with Crippen molar-refractivity contribution in [2.24, 2.45) is 5.92 Å². The smallest absolute Gasteiger partial charge is 0.0619 e. The molecule has 0 radical (unpaired) electrons. The molecule has 1 rings (SSSR count). The number of nitrogens with one attached hydrogen (secondary N) is 1. The molecule has 0 bridgehead atoms. The second kappa shape index (κ2) is 5.55. The summed E-state index contributed by atoms with van der Waals surface area (Å²) in [5.41, 5.74) is 0. The first-order valence-corrected chi connectivity index (χ1v) is 5.14. The third-order valence-corrected chi connectivity index (χ3v) is 2.38. The van der Waals surface area contributed by atoms with Crippen molar-refractivity contribution in [3.05, 3.63) is 0 Å². The van der Waals surface area contributed by atoms with E-state index >= 15 is 0 Å². The first kappa shape index (κ1) is 10.0. The van der Waals surface area contributed by atoms with Gasteiger partial charge in [-0.1, -0.05) is 26.7 Å². The zero-order valence-corrected chi connectivity index (χ0v) is 8.31. The minimum atomic E-state index is 0.606. The van der Waals surface area contributed by atoms with E-state index in [1.807, 2.05) is 0 Å². The van der Waals surface area contributed by atoms with Gasteiger partial charge in [-0.15, -0.1) is 0 Å². The molecule has 0 amide bonds. The Morgan fingerprint density at radius 1 is 1.42 bits per heavy atom. The van der Waals surface area contributed by atoms with Crippen LogP contribution in [0, 0.1) is 5.92 Å². The second-order valence-corrected chi connectivity index (χ2v) is 3.89. The monoisotopic (exact) mass is 171 g/mol. The zero-order valence-electron chi connectivity index (χ0n) is 8.31. The highest BCUT2D eigenvalue weighted by atomic mass is 16.5. The molecule has 1 fully saturated rings. The fraction of sp³-hybridized carbons (Fsp3) is 1.00. The Balaban J connectivity index is 2.17. The molecule has 1 saturated heterocycles. The SMILES string of the molecule is CCCCC1COCC(C)CN1. The Morgan fingerprint density at radius 3 is 3.00 bits per heavy atom. The third-order valence-electron chi connectivity index (χ3n) is 2.38. The Labute approximate surface area is 75.7 Å². The van der Waals surface area contributed by atoms with E-state index in [4.69, 9.17) is 4.74 Å². The lowest BCUT2D eigenvalue weighted by Gasteiger charge is -2.14. The molecular weight excluding hydrogens is 150 g/mol. The average molecular weight is 171 g/mol. The van der Waals surface area contributed by atoms with Crippen LogP contribution < -0.4 is 5.32 Å². The van der Waals surface area contributed by atoms with Gasteiger partial charge in [0.1, 0.15) is 0 Å². The molecule has 1 aliphatic heterocycles. The summed E-state index contributed by atoms with van der Waals surface area (Å²) in [5, 5.41) is 3.54. The van der Waals surface area contributed by atoms with Gasteiger partial charge in [-0.3, -0.25) is 0 Å². The van der Waals surface area contributed by atoms with Gasteiger partial charge in [-0.25, -0.2) is 0 Å². The van der Waals surface area contributed by atoms with E-state index < -0.39 is 0 Å². The standard InChI is InChI=1S/C10H21NO/c1-3-4-5-10-8-12-7-9(2)6-11-10/h9-11H,3-8H2,1-2H3. The van der Waals surface area contributed by atoms with Crippen LogP contribution in [0.15, 0.2) is 0 Å². The topological polar surface area (TPSA) is 21.3 Å². The van der Waals surface area contributed by atoms with Crippen molar-refractivity contribution in [3.8, 4) is 0 Å². The van der Waals surface area contributed by atoms with Crippen molar-refractivity contribution >= 4 is 0 Å². The first-order chi connectivity index (χ1) is 5.83. The summed E-state index contributed by atoms with van der Waals surface area (Å²) in [6.07, 6.45) is 3.87. The quantitative estimate of drug-likeness (QED) is 0.699. The molecule has 0 aromatic heterocycles. The summed E-state index contributed by atoms with van der Waals surface area (Å²) in [4.78, 5) is 0. The highest BCUT2D eigenvalue weighted by Crippen LogP contribution is 2.06. The van der Waals surface area contributed by atoms with Gasteiger partial charge in [-0.2, -0.15) is 0 Å². The van der Waals surface area contributed by atoms with Gasteiger partial charge < -0.3 is 10.1 Å². The van der Waals surface area contributed by atoms with E-state index in [-0.39, 0.29) is 0 Å². The van der Waals surface area contributed by atoms with Crippen LogP contribution in [0.3, 0.4) is 0 Å². The maximum absolute atomic E-state index is 5.55. The van der Waals surface area contributed by atoms with Crippen LogP contribution in [0.25, 0.3) is 0 Å². The van der Waals surface area contributed by atoms with Crippen molar-refractivity contribution in [1.29, 1.82) is 0 Å². The van der Waals surface area contributed by atoms with Gasteiger partial charge in [-0.05, 0) is 12.3 Å². The Hall–Kier alpha value is -0.0800. The van der Waals surface area contributed by atoms with Crippen molar-refractivity contribution in [3.63, 3.8) is 0 Å².